The highest BCUT2D eigenvalue weighted by atomic mass is 16.2. The van der Waals surface area contributed by atoms with Gasteiger partial charge in [-0.25, -0.2) is 4.79 Å². The van der Waals surface area contributed by atoms with Gasteiger partial charge in [-0.3, -0.25) is 0 Å². The zero-order valence-corrected chi connectivity index (χ0v) is 12.1. The molecule has 1 unspecified atom stereocenters. The van der Waals surface area contributed by atoms with Gasteiger partial charge < -0.3 is 20.5 Å². The van der Waals surface area contributed by atoms with Crippen LogP contribution in [0.5, 0.6) is 0 Å². The highest BCUT2D eigenvalue weighted by Crippen LogP contribution is 2.30. The monoisotopic (exact) mass is 264 g/mol. The minimum Gasteiger partial charge on any atom is -0.347 e. The highest BCUT2D eigenvalue weighted by Gasteiger charge is 2.21. The number of rotatable bonds is 3. The molecule has 0 radical (unpaired) electrons. The van der Waals surface area contributed by atoms with Crippen LogP contribution in [0.3, 0.4) is 0 Å². The number of amides is 2. The van der Waals surface area contributed by atoms with Gasteiger partial charge in [-0.05, 0) is 37.8 Å². The molecule has 106 valence electrons. The van der Waals surface area contributed by atoms with Crippen molar-refractivity contribution in [1.29, 1.82) is 0 Å². The smallest absolute Gasteiger partial charge is 0.316 e. The van der Waals surface area contributed by atoms with E-state index in [2.05, 4.69) is 22.9 Å². The summed E-state index contributed by atoms with van der Waals surface area (Å²) in [7, 11) is 3.49. The molecule has 3 N–H and O–H groups in total. The van der Waals surface area contributed by atoms with Gasteiger partial charge in [0.1, 0.15) is 0 Å². The van der Waals surface area contributed by atoms with Crippen molar-refractivity contribution in [3.63, 3.8) is 0 Å². The van der Waals surface area contributed by atoms with Gasteiger partial charge in [-0.2, -0.15) is 0 Å². The van der Waals surface area contributed by atoms with Crippen molar-refractivity contribution in [2.24, 2.45) is 5.73 Å². The molecule has 5 heteroatoms. The molecular weight excluding hydrogens is 240 g/mol. The third kappa shape index (κ3) is 2.92. The molecule has 0 saturated carbocycles. The predicted molar refractivity (Wildman–Crippen MR) is 76.1 cm³/mol. The predicted octanol–water partition coefficient (Wildman–Crippen LogP) is 1.40. The fraction of sp³-hybridized carbons (Fsp3) is 0.643. The first kappa shape index (κ1) is 13.9. The lowest BCUT2D eigenvalue weighted by molar-refractivity contribution is 0.217. The van der Waals surface area contributed by atoms with Crippen molar-refractivity contribution < 1.29 is 4.79 Å². The van der Waals surface area contributed by atoms with Crippen LogP contribution in [-0.4, -0.2) is 36.1 Å². The van der Waals surface area contributed by atoms with E-state index in [1.807, 2.05) is 0 Å². The van der Waals surface area contributed by atoms with Crippen molar-refractivity contribution in [3.05, 3.63) is 23.0 Å². The molecular formula is C14H24N4O. The largest absolute Gasteiger partial charge is 0.347 e. The zero-order valence-electron chi connectivity index (χ0n) is 12.1. The molecule has 1 atom stereocenters. The summed E-state index contributed by atoms with van der Waals surface area (Å²) in [6.07, 6.45) is 3.33. The molecule has 1 aromatic rings. The molecule has 2 rings (SSSR count). The Morgan fingerprint density at radius 3 is 3.00 bits per heavy atom. The van der Waals surface area contributed by atoms with E-state index in [-0.39, 0.29) is 12.1 Å². The number of aromatic nitrogens is 1. The van der Waals surface area contributed by atoms with Crippen molar-refractivity contribution in [1.82, 2.24) is 14.8 Å². The molecule has 0 saturated heterocycles. The second kappa shape index (κ2) is 5.65. The van der Waals surface area contributed by atoms with E-state index in [4.69, 9.17) is 5.73 Å². The number of carbonyl (C=O) groups excluding carboxylic acids is 1. The fourth-order valence-corrected chi connectivity index (χ4v) is 2.74. The molecule has 0 bridgehead atoms. The summed E-state index contributed by atoms with van der Waals surface area (Å²) in [5, 5.41) is 2.90. The van der Waals surface area contributed by atoms with Gasteiger partial charge in [0.15, 0.2) is 0 Å². The number of carbonyl (C=O) groups is 1. The summed E-state index contributed by atoms with van der Waals surface area (Å²) in [5.41, 5.74) is 10.0. The summed E-state index contributed by atoms with van der Waals surface area (Å²) < 4.78 is 2.30. The summed E-state index contributed by atoms with van der Waals surface area (Å²) in [5.74, 6) is 0. The summed E-state index contributed by atoms with van der Waals surface area (Å²) in [6.45, 7) is 3.57. The van der Waals surface area contributed by atoms with E-state index in [9.17, 15) is 4.79 Å². The van der Waals surface area contributed by atoms with Crippen LogP contribution in [-0.2, 0) is 13.0 Å². The Labute approximate surface area is 114 Å². The number of nitrogens with one attached hydrogen (secondary N) is 1. The first-order chi connectivity index (χ1) is 9.00. The number of nitrogens with two attached hydrogens (primary N) is 1. The Bertz CT molecular complexity index is 464. The average Bonchev–Trinajstić information content (AvgIpc) is 2.68. The van der Waals surface area contributed by atoms with Crippen LogP contribution in [0.1, 0.15) is 35.8 Å². The van der Waals surface area contributed by atoms with Gasteiger partial charge in [-0.15, -0.1) is 0 Å². The number of nitrogens with zero attached hydrogens (tertiary/aromatic N) is 2. The number of hydrogen-bond donors (Lipinski definition) is 2. The lowest BCUT2D eigenvalue weighted by atomic mass is 9.93. The molecule has 1 aliphatic rings. The molecule has 0 aromatic carbocycles. The Kier molecular flexibility index (Phi) is 4.14. The van der Waals surface area contributed by atoms with Crippen LogP contribution >= 0.6 is 0 Å². The van der Waals surface area contributed by atoms with Gasteiger partial charge in [0, 0.05) is 44.6 Å². The Morgan fingerprint density at radius 2 is 2.32 bits per heavy atom. The topological polar surface area (TPSA) is 63.3 Å². The zero-order chi connectivity index (χ0) is 14.0. The van der Waals surface area contributed by atoms with Gasteiger partial charge in [0.25, 0.3) is 0 Å². The molecule has 0 fully saturated rings. The molecule has 2 amide bonds. The third-order valence-corrected chi connectivity index (χ3v) is 3.80. The maximum atomic E-state index is 11.5. The maximum Gasteiger partial charge on any atom is 0.316 e. The minimum atomic E-state index is -0.0459. The van der Waals surface area contributed by atoms with E-state index in [0.717, 1.165) is 25.8 Å². The Balaban J connectivity index is 2.03. The third-order valence-electron chi connectivity index (χ3n) is 3.80. The normalized spacial score (nSPS) is 18.0. The van der Waals surface area contributed by atoms with Crippen LogP contribution in [0, 0.1) is 6.92 Å². The molecule has 0 aliphatic heterocycles. The molecule has 0 spiro atoms. The molecule has 5 nitrogen and oxygen atoms in total. The van der Waals surface area contributed by atoms with Crippen LogP contribution in [0.2, 0.25) is 0 Å². The van der Waals surface area contributed by atoms with Gasteiger partial charge >= 0.3 is 6.03 Å². The lowest BCUT2D eigenvalue weighted by Gasteiger charge is -2.21. The van der Waals surface area contributed by atoms with Gasteiger partial charge in [-0.1, -0.05) is 0 Å². The SMILES string of the molecule is Cc1cc2c(n1CCNC(=O)N(C)C)CCCC2N. The maximum absolute atomic E-state index is 11.5. The first-order valence-corrected chi connectivity index (χ1v) is 6.90. The Hall–Kier alpha value is -1.49. The van der Waals surface area contributed by atoms with E-state index in [1.54, 1.807) is 19.0 Å². The van der Waals surface area contributed by atoms with Crippen LogP contribution < -0.4 is 11.1 Å². The molecule has 19 heavy (non-hydrogen) atoms. The number of hydrogen-bond acceptors (Lipinski definition) is 2. The van der Waals surface area contributed by atoms with Gasteiger partial charge in [0.2, 0.25) is 0 Å². The van der Waals surface area contributed by atoms with Crippen molar-refractivity contribution in [2.75, 3.05) is 20.6 Å². The summed E-state index contributed by atoms with van der Waals surface area (Å²) >= 11 is 0. The number of fused-ring (bicyclic) bond motifs is 1. The number of urea groups is 1. The van der Waals surface area contributed by atoms with Crippen molar-refractivity contribution in [2.45, 2.75) is 38.8 Å². The van der Waals surface area contributed by atoms with Crippen LogP contribution in [0.15, 0.2) is 6.07 Å². The second-order valence-electron chi connectivity index (χ2n) is 5.46. The van der Waals surface area contributed by atoms with E-state index < -0.39 is 0 Å². The molecule has 1 aromatic heterocycles. The van der Waals surface area contributed by atoms with Crippen molar-refractivity contribution in [3.8, 4) is 0 Å². The lowest BCUT2D eigenvalue weighted by Crippen LogP contribution is -2.36. The highest BCUT2D eigenvalue weighted by molar-refractivity contribution is 5.73. The average molecular weight is 264 g/mol. The fourth-order valence-electron chi connectivity index (χ4n) is 2.74. The first-order valence-electron chi connectivity index (χ1n) is 6.90. The minimum absolute atomic E-state index is 0.0459. The standard InChI is InChI=1S/C14H24N4O/c1-10-9-11-12(15)5-4-6-13(11)18(10)8-7-16-14(19)17(2)3/h9,12H,4-8,15H2,1-3H3,(H,16,19). The molecule has 1 aliphatic carbocycles. The Morgan fingerprint density at radius 1 is 1.58 bits per heavy atom. The van der Waals surface area contributed by atoms with Crippen LogP contribution in [0.4, 0.5) is 4.79 Å². The quantitative estimate of drug-likeness (QED) is 0.867. The second-order valence-corrected chi connectivity index (χ2v) is 5.46. The summed E-state index contributed by atoms with van der Waals surface area (Å²) in [4.78, 5) is 13.0. The van der Waals surface area contributed by atoms with Crippen molar-refractivity contribution >= 4 is 6.03 Å². The van der Waals surface area contributed by atoms with Crippen LogP contribution in [0.25, 0.3) is 0 Å². The van der Waals surface area contributed by atoms with Gasteiger partial charge in [0.05, 0.1) is 0 Å². The van der Waals surface area contributed by atoms with E-state index >= 15 is 0 Å². The van der Waals surface area contributed by atoms with E-state index in [1.165, 1.54) is 17.0 Å². The van der Waals surface area contributed by atoms with E-state index in [0.29, 0.717) is 6.54 Å². The molecule has 1 heterocycles. The summed E-state index contributed by atoms with van der Waals surface area (Å²) in [6, 6.07) is 2.34. The number of aryl methyl sites for hydroxylation is 1.